The molecule has 1 saturated heterocycles. The largest absolute Gasteiger partial charge is 0.497 e. The van der Waals surface area contributed by atoms with Crippen molar-refractivity contribution in [3.63, 3.8) is 0 Å². The van der Waals surface area contributed by atoms with Gasteiger partial charge in [-0.1, -0.05) is 0 Å². The quantitative estimate of drug-likeness (QED) is 0.909. The van der Waals surface area contributed by atoms with Crippen molar-refractivity contribution in [2.75, 3.05) is 13.7 Å². The molecule has 1 N–H and O–H groups in total. The summed E-state index contributed by atoms with van der Waals surface area (Å²) in [7, 11) is 1.51. The molecule has 0 bridgehead atoms. The van der Waals surface area contributed by atoms with Gasteiger partial charge >= 0.3 is 5.97 Å². The smallest absolute Gasteiger partial charge is 0.329 e. The first kappa shape index (κ1) is 16.0. The number of rotatable bonds is 4. The van der Waals surface area contributed by atoms with Crippen molar-refractivity contribution in [2.24, 2.45) is 0 Å². The minimum atomic E-state index is -1.21. The zero-order valence-corrected chi connectivity index (χ0v) is 13.5. The number of aromatic nitrogens is 3. The predicted octanol–water partition coefficient (Wildman–Crippen LogP) is 1.36. The van der Waals surface area contributed by atoms with Gasteiger partial charge < -0.3 is 14.7 Å². The maximum absolute atomic E-state index is 13.1. The van der Waals surface area contributed by atoms with E-state index >= 15 is 0 Å². The SMILES string of the molecule is COc1ccc(-n2nccn2)c(C(=O)N2CCC[C@@]2(C)C(=O)O)c1. The van der Waals surface area contributed by atoms with Crippen LogP contribution in [0, 0.1) is 0 Å². The van der Waals surface area contributed by atoms with E-state index in [-0.39, 0.29) is 5.91 Å². The van der Waals surface area contributed by atoms with Gasteiger partial charge in [0.15, 0.2) is 0 Å². The van der Waals surface area contributed by atoms with Gasteiger partial charge in [0, 0.05) is 6.54 Å². The molecular formula is C16H18N4O4. The molecular weight excluding hydrogens is 312 g/mol. The van der Waals surface area contributed by atoms with Gasteiger partial charge in [0.1, 0.15) is 11.3 Å². The van der Waals surface area contributed by atoms with Crippen LogP contribution in [0.25, 0.3) is 5.69 Å². The van der Waals surface area contributed by atoms with Crippen molar-refractivity contribution in [3.8, 4) is 11.4 Å². The summed E-state index contributed by atoms with van der Waals surface area (Å²) >= 11 is 0. The van der Waals surface area contributed by atoms with Crippen LogP contribution in [0.3, 0.4) is 0 Å². The Labute approximate surface area is 138 Å². The second-order valence-electron chi connectivity index (χ2n) is 5.84. The number of benzene rings is 1. The van der Waals surface area contributed by atoms with Crippen molar-refractivity contribution in [3.05, 3.63) is 36.2 Å². The fraction of sp³-hybridized carbons (Fsp3) is 0.375. The van der Waals surface area contributed by atoms with Crippen molar-refractivity contribution >= 4 is 11.9 Å². The molecule has 1 amide bonds. The van der Waals surface area contributed by atoms with E-state index in [1.807, 2.05) is 0 Å². The first-order valence-electron chi connectivity index (χ1n) is 7.57. The number of likely N-dealkylation sites (tertiary alicyclic amines) is 1. The van der Waals surface area contributed by atoms with Gasteiger partial charge in [0.25, 0.3) is 5.91 Å². The Morgan fingerprint density at radius 1 is 1.29 bits per heavy atom. The highest BCUT2D eigenvalue weighted by molar-refractivity contribution is 6.01. The topological polar surface area (TPSA) is 97.5 Å². The average Bonchev–Trinajstić information content (AvgIpc) is 3.24. The van der Waals surface area contributed by atoms with E-state index in [9.17, 15) is 14.7 Å². The number of hydrogen-bond donors (Lipinski definition) is 1. The van der Waals surface area contributed by atoms with E-state index in [4.69, 9.17) is 4.74 Å². The summed E-state index contributed by atoms with van der Waals surface area (Å²) in [5.74, 6) is -0.871. The summed E-state index contributed by atoms with van der Waals surface area (Å²) < 4.78 is 5.20. The summed E-state index contributed by atoms with van der Waals surface area (Å²) in [6.07, 6.45) is 4.09. The fourth-order valence-electron chi connectivity index (χ4n) is 2.98. The highest BCUT2D eigenvalue weighted by Gasteiger charge is 2.46. The maximum Gasteiger partial charge on any atom is 0.329 e. The monoisotopic (exact) mass is 330 g/mol. The first-order chi connectivity index (χ1) is 11.5. The van der Waals surface area contributed by atoms with Crippen LogP contribution in [0.4, 0.5) is 0 Å². The van der Waals surface area contributed by atoms with Gasteiger partial charge in [0.05, 0.1) is 30.8 Å². The number of carbonyl (C=O) groups excluding carboxylic acids is 1. The number of nitrogens with zero attached hydrogens (tertiary/aromatic N) is 4. The second-order valence-corrected chi connectivity index (χ2v) is 5.84. The normalized spacial score (nSPS) is 20.2. The molecule has 0 unspecified atom stereocenters. The third-order valence-corrected chi connectivity index (χ3v) is 4.42. The summed E-state index contributed by atoms with van der Waals surface area (Å²) in [6.45, 7) is 1.97. The number of hydrogen-bond acceptors (Lipinski definition) is 5. The van der Waals surface area contributed by atoms with Crippen LogP contribution in [0.15, 0.2) is 30.6 Å². The summed E-state index contributed by atoms with van der Waals surface area (Å²) in [4.78, 5) is 27.5. The van der Waals surface area contributed by atoms with Gasteiger partial charge in [-0.05, 0) is 38.0 Å². The highest BCUT2D eigenvalue weighted by Crippen LogP contribution is 2.32. The van der Waals surface area contributed by atoms with Gasteiger partial charge in [-0.2, -0.15) is 15.0 Å². The van der Waals surface area contributed by atoms with Gasteiger partial charge in [-0.3, -0.25) is 4.79 Å². The number of ether oxygens (including phenoxy) is 1. The molecule has 0 aliphatic carbocycles. The standard InChI is InChI=1S/C16H18N4O4/c1-16(15(22)23)6-3-9-19(16)14(21)12-10-11(24-2)4-5-13(12)20-17-7-8-18-20/h4-5,7-8,10H,3,6,9H2,1-2H3,(H,22,23)/t16-/m0/s1. The highest BCUT2D eigenvalue weighted by atomic mass is 16.5. The van der Waals surface area contributed by atoms with Gasteiger partial charge in [-0.15, -0.1) is 0 Å². The van der Waals surface area contributed by atoms with Crippen LogP contribution in [0.1, 0.15) is 30.1 Å². The Bertz CT molecular complexity index is 774. The Hall–Kier alpha value is -2.90. The van der Waals surface area contributed by atoms with Crippen molar-refractivity contribution < 1.29 is 19.4 Å². The molecule has 126 valence electrons. The second kappa shape index (κ2) is 5.95. The zero-order valence-electron chi connectivity index (χ0n) is 13.5. The number of carboxylic acid groups (broad SMARTS) is 1. The lowest BCUT2D eigenvalue weighted by Crippen LogP contribution is -2.51. The van der Waals surface area contributed by atoms with Crippen molar-refractivity contribution in [2.45, 2.75) is 25.3 Å². The molecule has 3 rings (SSSR count). The lowest BCUT2D eigenvalue weighted by molar-refractivity contribution is -0.147. The summed E-state index contributed by atoms with van der Waals surface area (Å²) in [5.41, 5.74) is -0.431. The Morgan fingerprint density at radius 3 is 2.62 bits per heavy atom. The van der Waals surface area contributed by atoms with E-state index < -0.39 is 11.5 Å². The fourth-order valence-corrected chi connectivity index (χ4v) is 2.98. The summed E-state index contributed by atoms with van der Waals surface area (Å²) in [5, 5.41) is 17.7. The lowest BCUT2D eigenvalue weighted by Gasteiger charge is -2.31. The number of carbonyl (C=O) groups is 2. The van der Waals surface area contributed by atoms with Crippen LogP contribution in [0.5, 0.6) is 5.75 Å². The van der Waals surface area contributed by atoms with Crippen molar-refractivity contribution in [1.29, 1.82) is 0 Å². The van der Waals surface area contributed by atoms with Gasteiger partial charge in [-0.25, -0.2) is 4.79 Å². The molecule has 8 nitrogen and oxygen atoms in total. The molecule has 1 aromatic heterocycles. The molecule has 24 heavy (non-hydrogen) atoms. The Balaban J connectivity index is 2.07. The summed E-state index contributed by atoms with van der Waals surface area (Å²) in [6, 6.07) is 4.97. The molecule has 0 spiro atoms. The Morgan fingerprint density at radius 2 is 2.00 bits per heavy atom. The molecule has 0 saturated carbocycles. The third-order valence-electron chi connectivity index (χ3n) is 4.42. The van der Waals surface area contributed by atoms with Crippen LogP contribution >= 0.6 is 0 Å². The maximum atomic E-state index is 13.1. The van der Waals surface area contributed by atoms with E-state index in [0.717, 1.165) is 0 Å². The molecule has 1 aliphatic rings. The van der Waals surface area contributed by atoms with E-state index in [0.29, 0.717) is 36.4 Å². The minimum Gasteiger partial charge on any atom is -0.497 e. The van der Waals surface area contributed by atoms with Crippen LogP contribution < -0.4 is 4.74 Å². The lowest BCUT2D eigenvalue weighted by atomic mass is 9.98. The van der Waals surface area contributed by atoms with Gasteiger partial charge in [0.2, 0.25) is 0 Å². The molecule has 0 radical (unpaired) electrons. The predicted molar refractivity (Wildman–Crippen MR) is 84.2 cm³/mol. The Kier molecular flexibility index (Phi) is 3.96. The third kappa shape index (κ3) is 2.49. The van der Waals surface area contributed by atoms with Crippen LogP contribution in [-0.4, -0.2) is 56.1 Å². The average molecular weight is 330 g/mol. The number of methoxy groups -OCH3 is 1. The molecule has 8 heteroatoms. The van der Waals surface area contributed by atoms with Crippen molar-refractivity contribution in [1.82, 2.24) is 19.9 Å². The molecule has 1 atom stereocenters. The van der Waals surface area contributed by atoms with E-state index in [1.165, 1.54) is 29.2 Å². The zero-order chi connectivity index (χ0) is 17.3. The molecule has 1 aliphatic heterocycles. The molecule has 2 heterocycles. The molecule has 1 aromatic carbocycles. The van der Waals surface area contributed by atoms with Crippen LogP contribution in [-0.2, 0) is 4.79 Å². The number of carboxylic acids is 1. The molecule has 1 fully saturated rings. The number of aliphatic carboxylic acids is 1. The van der Waals surface area contributed by atoms with E-state index in [1.54, 1.807) is 25.1 Å². The number of amides is 1. The van der Waals surface area contributed by atoms with E-state index in [2.05, 4.69) is 10.2 Å². The first-order valence-corrected chi connectivity index (χ1v) is 7.57. The molecule has 2 aromatic rings. The van der Waals surface area contributed by atoms with Crippen LogP contribution in [0.2, 0.25) is 0 Å². The minimum absolute atomic E-state index is 0.305.